The minimum absolute atomic E-state index is 0.591. The molecule has 0 spiro atoms. The minimum Gasteiger partial charge on any atom is -0.478 e. The summed E-state index contributed by atoms with van der Waals surface area (Å²) in [7, 11) is 0. The van der Waals surface area contributed by atoms with Gasteiger partial charge >= 0.3 is 0 Å². The summed E-state index contributed by atoms with van der Waals surface area (Å²) in [5.74, 6) is 2.54. The van der Waals surface area contributed by atoms with E-state index in [9.17, 15) is 0 Å². The Morgan fingerprint density at radius 3 is 3.17 bits per heavy atom. The molecule has 2 fully saturated rings. The molecule has 5 nitrogen and oxygen atoms in total. The fraction of sp³-hybridized carbons (Fsp3) is 0.692. The predicted octanol–water partition coefficient (Wildman–Crippen LogP) is 0.982. The van der Waals surface area contributed by atoms with Crippen LogP contribution in [0.5, 0.6) is 5.88 Å². The molecule has 2 atom stereocenters. The zero-order chi connectivity index (χ0) is 12.5. The van der Waals surface area contributed by atoms with Gasteiger partial charge in [-0.2, -0.15) is 0 Å². The van der Waals surface area contributed by atoms with Crippen LogP contribution in [0.2, 0.25) is 0 Å². The van der Waals surface area contributed by atoms with Crippen molar-refractivity contribution in [1.29, 1.82) is 0 Å². The molecule has 0 amide bonds. The molecule has 18 heavy (non-hydrogen) atoms. The lowest BCUT2D eigenvalue weighted by molar-refractivity contribution is 0.323. The number of hydrogen-bond acceptors (Lipinski definition) is 5. The summed E-state index contributed by atoms with van der Waals surface area (Å²) in [6, 6.07) is 0.591. The first kappa shape index (κ1) is 11.7. The molecule has 1 N–H and O–H groups in total. The number of fused-ring (bicyclic) bond motifs is 1. The van der Waals surface area contributed by atoms with E-state index in [1.54, 1.807) is 6.33 Å². The molecular weight excluding hydrogens is 228 g/mol. The molecule has 3 heterocycles. The van der Waals surface area contributed by atoms with Gasteiger partial charge in [0, 0.05) is 25.7 Å². The summed E-state index contributed by atoms with van der Waals surface area (Å²) >= 11 is 0. The van der Waals surface area contributed by atoms with Gasteiger partial charge in [-0.3, -0.25) is 0 Å². The van der Waals surface area contributed by atoms with Gasteiger partial charge in [-0.25, -0.2) is 9.97 Å². The van der Waals surface area contributed by atoms with E-state index < -0.39 is 0 Å². The Hall–Kier alpha value is -1.36. The average molecular weight is 248 g/mol. The van der Waals surface area contributed by atoms with Crippen LogP contribution in [-0.4, -0.2) is 42.3 Å². The van der Waals surface area contributed by atoms with Gasteiger partial charge in [0.1, 0.15) is 12.1 Å². The molecule has 2 saturated heterocycles. The van der Waals surface area contributed by atoms with Crippen LogP contribution in [0.1, 0.15) is 18.9 Å². The number of nitrogens with zero attached hydrogens (tertiary/aromatic N) is 3. The van der Waals surface area contributed by atoms with Crippen molar-refractivity contribution in [2.24, 2.45) is 5.92 Å². The van der Waals surface area contributed by atoms with Crippen molar-refractivity contribution in [3.63, 3.8) is 0 Å². The zero-order valence-electron chi connectivity index (χ0n) is 11.0. The Balaban J connectivity index is 1.90. The summed E-state index contributed by atoms with van der Waals surface area (Å²) in [5, 5.41) is 3.47. The molecule has 0 radical (unpaired) electrons. The molecule has 0 aliphatic carbocycles. The van der Waals surface area contributed by atoms with Gasteiger partial charge < -0.3 is 15.0 Å². The van der Waals surface area contributed by atoms with E-state index in [2.05, 4.69) is 27.1 Å². The van der Waals surface area contributed by atoms with Crippen LogP contribution in [-0.2, 0) is 0 Å². The molecular formula is C13H20N4O. The van der Waals surface area contributed by atoms with Gasteiger partial charge in [-0.05, 0) is 26.2 Å². The van der Waals surface area contributed by atoms with Gasteiger partial charge in [0.15, 0.2) is 0 Å². The van der Waals surface area contributed by atoms with Crippen LogP contribution in [0.25, 0.3) is 0 Å². The smallest absolute Gasteiger partial charge is 0.221 e. The van der Waals surface area contributed by atoms with Gasteiger partial charge in [0.2, 0.25) is 5.88 Å². The van der Waals surface area contributed by atoms with Crippen LogP contribution in [0, 0.1) is 12.8 Å². The second kappa shape index (κ2) is 4.72. The van der Waals surface area contributed by atoms with E-state index in [0.29, 0.717) is 12.6 Å². The van der Waals surface area contributed by atoms with E-state index in [1.165, 1.54) is 6.42 Å². The highest BCUT2D eigenvalue weighted by atomic mass is 16.5. The van der Waals surface area contributed by atoms with Crippen molar-refractivity contribution in [2.75, 3.05) is 31.1 Å². The lowest BCUT2D eigenvalue weighted by Crippen LogP contribution is -2.35. The topological polar surface area (TPSA) is 50.3 Å². The molecule has 2 aliphatic heterocycles. The number of anilines is 1. The average Bonchev–Trinajstić information content (AvgIpc) is 2.95. The van der Waals surface area contributed by atoms with Crippen molar-refractivity contribution in [3.8, 4) is 5.88 Å². The summed E-state index contributed by atoms with van der Waals surface area (Å²) in [6.07, 6.45) is 2.87. The molecule has 0 saturated carbocycles. The van der Waals surface area contributed by atoms with E-state index >= 15 is 0 Å². The van der Waals surface area contributed by atoms with Crippen molar-refractivity contribution < 1.29 is 4.74 Å². The molecule has 5 heteroatoms. The van der Waals surface area contributed by atoms with Crippen molar-refractivity contribution >= 4 is 5.82 Å². The zero-order valence-corrected chi connectivity index (χ0v) is 11.0. The Morgan fingerprint density at radius 1 is 1.44 bits per heavy atom. The quantitative estimate of drug-likeness (QED) is 0.864. The third kappa shape index (κ3) is 1.82. The van der Waals surface area contributed by atoms with Crippen LogP contribution < -0.4 is 15.0 Å². The van der Waals surface area contributed by atoms with Gasteiger partial charge in [0.05, 0.1) is 12.2 Å². The molecule has 98 valence electrons. The highest BCUT2D eigenvalue weighted by molar-refractivity contribution is 5.52. The first-order valence-electron chi connectivity index (χ1n) is 6.73. The number of rotatable bonds is 3. The van der Waals surface area contributed by atoms with Crippen molar-refractivity contribution in [3.05, 3.63) is 11.9 Å². The van der Waals surface area contributed by atoms with Crippen LogP contribution in [0.15, 0.2) is 6.33 Å². The molecule has 0 unspecified atom stereocenters. The molecule has 0 bridgehead atoms. The second-order valence-electron chi connectivity index (χ2n) is 5.03. The Kier molecular flexibility index (Phi) is 3.07. The van der Waals surface area contributed by atoms with Crippen molar-refractivity contribution in [2.45, 2.75) is 26.3 Å². The maximum Gasteiger partial charge on any atom is 0.221 e. The van der Waals surface area contributed by atoms with E-state index in [0.717, 1.165) is 42.8 Å². The van der Waals surface area contributed by atoms with Crippen LogP contribution in [0.4, 0.5) is 5.82 Å². The Labute approximate surface area is 108 Å². The fourth-order valence-corrected chi connectivity index (χ4v) is 3.11. The normalized spacial score (nSPS) is 26.4. The van der Waals surface area contributed by atoms with Gasteiger partial charge in [0.25, 0.3) is 0 Å². The number of hydrogen-bond donors (Lipinski definition) is 1. The SMILES string of the molecule is CCOc1ncnc(N2CC[C@H]3CNC[C@H]32)c1C. The summed E-state index contributed by atoms with van der Waals surface area (Å²) in [6.45, 7) is 7.98. The molecule has 3 rings (SSSR count). The van der Waals surface area contributed by atoms with Crippen LogP contribution >= 0.6 is 0 Å². The van der Waals surface area contributed by atoms with Gasteiger partial charge in [-0.15, -0.1) is 0 Å². The third-order valence-electron chi connectivity index (χ3n) is 4.01. The van der Waals surface area contributed by atoms with Gasteiger partial charge in [-0.1, -0.05) is 0 Å². The standard InChI is InChI=1S/C13H20N4O/c1-3-18-13-9(2)12(15-8-16-13)17-5-4-10-6-14-7-11(10)17/h8,10-11,14H,3-7H2,1-2H3/t10-,11+/m0/s1. The Bertz CT molecular complexity index is 437. The highest BCUT2D eigenvalue weighted by Gasteiger charge is 2.38. The first-order chi connectivity index (χ1) is 8.81. The first-order valence-corrected chi connectivity index (χ1v) is 6.73. The maximum absolute atomic E-state index is 5.55. The molecule has 2 aliphatic rings. The second-order valence-corrected chi connectivity index (χ2v) is 5.03. The fourth-order valence-electron chi connectivity index (χ4n) is 3.11. The van der Waals surface area contributed by atoms with Crippen molar-refractivity contribution in [1.82, 2.24) is 15.3 Å². The summed E-state index contributed by atoms with van der Waals surface area (Å²) < 4.78 is 5.55. The Morgan fingerprint density at radius 2 is 2.33 bits per heavy atom. The van der Waals surface area contributed by atoms with E-state index in [-0.39, 0.29) is 0 Å². The number of ether oxygens (including phenoxy) is 1. The largest absolute Gasteiger partial charge is 0.478 e. The maximum atomic E-state index is 5.55. The lowest BCUT2D eigenvalue weighted by atomic mass is 10.1. The van der Waals surface area contributed by atoms with Crippen LogP contribution in [0.3, 0.4) is 0 Å². The highest BCUT2D eigenvalue weighted by Crippen LogP contribution is 2.34. The van der Waals surface area contributed by atoms with E-state index in [4.69, 9.17) is 4.74 Å². The molecule has 1 aromatic heterocycles. The number of aromatic nitrogens is 2. The monoisotopic (exact) mass is 248 g/mol. The summed E-state index contributed by atoms with van der Waals surface area (Å²) in [4.78, 5) is 11.1. The summed E-state index contributed by atoms with van der Waals surface area (Å²) in [5.41, 5.74) is 1.06. The molecule has 0 aromatic carbocycles. The van der Waals surface area contributed by atoms with E-state index in [1.807, 2.05) is 6.92 Å². The minimum atomic E-state index is 0.591. The predicted molar refractivity (Wildman–Crippen MR) is 70.0 cm³/mol. The third-order valence-corrected chi connectivity index (χ3v) is 4.01. The number of nitrogens with one attached hydrogen (secondary N) is 1. The lowest BCUT2D eigenvalue weighted by Gasteiger charge is -2.26. The molecule has 1 aromatic rings.